The Balaban J connectivity index is 1.63. The van der Waals surface area contributed by atoms with Crippen molar-refractivity contribution in [1.29, 1.82) is 0 Å². The summed E-state index contributed by atoms with van der Waals surface area (Å²) < 4.78 is 35.8. The summed E-state index contributed by atoms with van der Waals surface area (Å²) in [5.41, 5.74) is 3.00. The highest BCUT2D eigenvalue weighted by Crippen LogP contribution is 2.35. The van der Waals surface area contributed by atoms with Gasteiger partial charge in [0.1, 0.15) is 30.1 Å². The van der Waals surface area contributed by atoms with Crippen molar-refractivity contribution in [2.24, 2.45) is 0 Å². The number of nitrogens with one attached hydrogen (secondary N) is 3. The van der Waals surface area contributed by atoms with E-state index in [-0.39, 0.29) is 30.1 Å². The molecule has 1 aliphatic heterocycles. The van der Waals surface area contributed by atoms with Gasteiger partial charge in [0.05, 0.1) is 30.2 Å². The number of likely N-dealkylation sites (N-methyl/N-ethyl adjacent to an activating group) is 1. The highest BCUT2D eigenvalue weighted by Gasteiger charge is 2.25. The number of nitrogens with zero attached hydrogens (tertiary/aromatic N) is 4. The van der Waals surface area contributed by atoms with Gasteiger partial charge in [0.15, 0.2) is 5.82 Å². The summed E-state index contributed by atoms with van der Waals surface area (Å²) in [4.78, 5) is 35.6. The van der Waals surface area contributed by atoms with Crippen molar-refractivity contribution in [3.63, 3.8) is 0 Å². The van der Waals surface area contributed by atoms with Crippen LogP contribution in [0.5, 0.6) is 0 Å². The average molecular weight is 518 g/mol. The second-order valence-electron chi connectivity index (χ2n) is 9.09. The van der Waals surface area contributed by atoms with E-state index in [1.165, 1.54) is 18.0 Å². The lowest BCUT2D eigenvalue weighted by Crippen LogP contribution is -2.31. The molecule has 3 N–H and O–H groups in total. The van der Waals surface area contributed by atoms with Crippen molar-refractivity contribution in [3.05, 3.63) is 47.4 Å². The second kappa shape index (κ2) is 11.0. The van der Waals surface area contributed by atoms with Gasteiger partial charge in [-0.1, -0.05) is 13.8 Å². The highest BCUT2D eigenvalue weighted by atomic mass is 19.1. The van der Waals surface area contributed by atoms with Crippen LogP contribution < -0.4 is 16.1 Å². The Morgan fingerprint density at radius 3 is 2.68 bits per heavy atom. The molecule has 1 atom stereocenters. The summed E-state index contributed by atoms with van der Waals surface area (Å²) in [6.45, 7) is 5.09. The van der Waals surface area contributed by atoms with Crippen molar-refractivity contribution in [3.8, 4) is 0 Å². The molecule has 13 heteroatoms. The number of hydroxylamine groups is 1. The third-order valence-corrected chi connectivity index (χ3v) is 6.25. The Kier molecular flexibility index (Phi) is 7.83. The maximum atomic E-state index is 14.6. The summed E-state index contributed by atoms with van der Waals surface area (Å²) in [6.07, 6.45) is 4.29. The number of halogens is 2. The van der Waals surface area contributed by atoms with E-state index in [0.717, 1.165) is 25.5 Å². The van der Waals surface area contributed by atoms with Crippen LogP contribution in [-0.2, 0) is 9.57 Å². The highest BCUT2D eigenvalue weighted by molar-refractivity contribution is 5.95. The largest absolute Gasteiger partial charge is 0.448 e. The van der Waals surface area contributed by atoms with Gasteiger partial charge in [-0.3, -0.25) is 14.9 Å². The van der Waals surface area contributed by atoms with Gasteiger partial charge < -0.3 is 15.0 Å². The monoisotopic (exact) mass is 517 g/mol. The first-order valence-corrected chi connectivity index (χ1v) is 11.8. The number of ether oxygens (including phenoxy) is 1. The van der Waals surface area contributed by atoms with E-state index in [4.69, 9.17) is 4.74 Å². The summed E-state index contributed by atoms with van der Waals surface area (Å²) in [5.74, 6) is -2.77. The number of likely N-dealkylation sites (tertiary alicyclic amines) is 1. The first-order chi connectivity index (χ1) is 17.7. The van der Waals surface area contributed by atoms with E-state index in [0.29, 0.717) is 22.8 Å². The van der Waals surface area contributed by atoms with Crippen LogP contribution in [0.3, 0.4) is 0 Å². The molecule has 1 aromatic carbocycles. The van der Waals surface area contributed by atoms with E-state index < -0.39 is 29.2 Å². The molecule has 0 radical (unpaired) electrons. The van der Waals surface area contributed by atoms with E-state index in [2.05, 4.69) is 30.5 Å². The lowest BCUT2D eigenvalue weighted by atomic mass is 10.0. The SMILES string of the molecule is CONC(=O)c1cc(Nc2ncnn3cc(NC(=O)OC[C@@H]4CCCN4C)c(C(C)C)c23)c(F)cc1F. The third kappa shape index (κ3) is 5.62. The molecule has 2 amide bonds. The quantitative estimate of drug-likeness (QED) is 0.386. The zero-order valence-corrected chi connectivity index (χ0v) is 21.0. The van der Waals surface area contributed by atoms with Crippen molar-refractivity contribution in [2.75, 3.05) is 37.9 Å². The number of carbonyl (C=O) groups is 2. The van der Waals surface area contributed by atoms with E-state index in [1.54, 1.807) is 6.20 Å². The van der Waals surface area contributed by atoms with Gasteiger partial charge in [0.2, 0.25) is 0 Å². The minimum atomic E-state index is -1.05. The van der Waals surface area contributed by atoms with Crippen LogP contribution in [0, 0.1) is 11.6 Å². The number of aromatic nitrogens is 3. The molecule has 11 nitrogen and oxygen atoms in total. The molecule has 0 unspecified atom stereocenters. The molecule has 37 heavy (non-hydrogen) atoms. The Bertz CT molecular complexity index is 1310. The molecule has 1 saturated heterocycles. The molecule has 3 heterocycles. The van der Waals surface area contributed by atoms with Crippen LogP contribution in [0.2, 0.25) is 0 Å². The molecule has 0 saturated carbocycles. The minimum Gasteiger partial charge on any atom is -0.448 e. The molecular weight excluding hydrogens is 488 g/mol. The first kappa shape index (κ1) is 26.2. The van der Waals surface area contributed by atoms with Gasteiger partial charge >= 0.3 is 6.09 Å². The fraction of sp³-hybridized carbons (Fsp3) is 0.417. The predicted octanol–water partition coefficient (Wildman–Crippen LogP) is 3.81. The van der Waals surface area contributed by atoms with Crippen LogP contribution in [-0.4, -0.2) is 64.8 Å². The fourth-order valence-electron chi connectivity index (χ4n) is 4.41. The van der Waals surface area contributed by atoms with Gasteiger partial charge in [-0.25, -0.2) is 28.6 Å². The smallest absolute Gasteiger partial charge is 0.411 e. The zero-order valence-electron chi connectivity index (χ0n) is 21.0. The Hall–Kier alpha value is -3.84. The van der Waals surface area contributed by atoms with Gasteiger partial charge in [0, 0.05) is 17.7 Å². The number of rotatable bonds is 8. The van der Waals surface area contributed by atoms with Crippen LogP contribution in [0.4, 0.5) is 30.8 Å². The number of fused-ring (bicyclic) bond motifs is 1. The number of hydrogen-bond donors (Lipinski definition) is 3. The molecule has 198 valence electrons. The summed E-state index contributed by atoms with van der Waals surface area (Å²) in [5, 5.41) is 9.82. The number of hydrogen-bond acceptors (Lipinski definition) is 8. The van der Waals surface area contributed by atoms with Gasteiger partial charge in [-0.2, -0.15) is 5.10 Å². The number of carbonyl (C=O) groups excluding carboxylic acids is 2. The topological polar surface area (TPSA) is 122 Å². The second-order valence-corrected chi connectivity index (χ2v) is 9.09. The van der Waals surface area contributed by atoms with E-state index >= 15 is 0 Å². The summed E-state index contributed by atoms with van der Waals surface area (Å²) >= 11 is 0. The third-order valence-electron chi connectivity index (χ3n) is 6.25. The molecule has 0 bridgehead atoms. The standard InChI is InChI=1S/C24H29F2N7O4/c1-13(2)20-19(30-24(35)37-11-14-6-5-7-32(14)3)10-33-21(20)22(27-12-28-33)29-18-8-15(23(34)31-36-4)16(25)9-17(18)26/h8-10,12-14H,5-7,11H2,1-4H3,(H,30,35)(H,31,34)(H,27,28,29)/t14-/m0/s1. The van der Waals surface area contributed by atoms with Crippen molar-refractivity contribution in [1.82, 2.24) is 25.0 Å². The summed E-state index contributed by atoms with van der Waals surface area (Å²) in [7, 11) is 3.20. The number of amides is 2. The van der Waals surface area contributed by atoms with Crippen molar-refractivity contribution >= 4 is 34.7 Å². The number of benzene rings is 1. The Morgan fingerprint density at radius 1 is 1.22 bits per heavy atom. The van der Waals surface area contributed by atoms with Crippen LogP contribution >= 0.6 is 0 Å². The zero-order chi connectivity index (χ0) is 26.7. The minimum absolute atomic E-state index is 0.103. The molecule has 1 fully saturated rings. The Labute approximate surface area is 212 Å². The van der Waals surface area contributed by atoms with Gasteiger partial charge in [-0.15, -0.1) is 0 Å². The molecule has 0 spiro atoms. The molecule has 0 aliphatic carbocycles. The molecule has 1 aliphatic rings. The maximum absolute atomic E-state index is 14.6. The lowest BCUT2D eigenvalue weighted by Gasteiger charge is -2.19. The maximum Gasteiger partial charge on any atom is 0.411 e. The normalized spacial score (nSPS) is 15.8. The first-order valence-electron chi connectivity index (χ1n) is 11.8. The predicted molar refractivity (Wildman–Crippen MR) is 132 cm³/mol. The lowest BCUT2D eigenvalue weighted by molar-refractivity contribution is 0.0533. The molecule has 2 aromatic heterocycles. The van der Waals surface area contributed by atoms with E-state index in [1.807, 2.05) is 26.4 Å². The number of anilines is 3. The Morgan fingerprint density at radius 2 is 2.00 bits per heavy atom. The van der Waals surface area contributed by atoms with Crippen LogP contribution in [0.1, 0.15) is 48.5 Å². The van der Waals surface area contributed by atoms with Gasteiger partial charge in [0.25, 0.3) is 5.91 Å². The van der Waals surface area contributed by atoms with E-state index in [9.17, 15) is 18.4 Å². The van der Waals surface area contributed by atoms with Crippen molar-refractivity contribution in [2.45, 2.75) is 38.6 Å². The van der Waals surface area contributed by atoms with Gasteiger partial charge in [-0.05, 0) is 38.4 Å². The summed E-state index contributed by atoms with van der Waals surface area (Å²) in [6, 6.07) is 1.80. The van der Waals surface area contributed by atoms with Crippen molar-refractivity contribution < 1.29 is 27.9 Å². The van der Waals surface area contributed by atoms with Crippen LogP contribution in [0.25, 0.3) is 5.52 Å². The molecule has 4 rings (SSSR count). The molecular formula is C24H29F2N7O4. The average Bonchev–Trinajstić information content (AvgIpc) is 3.42. The molecule has 3 aromatic rings. The van der Waals surface area contributed by atoms with Crippen LogP contribution in [0.15, 0.2) is 24.7 Å². The fourth-order valence-corrected chi connectivity index (χ4v) is 4.41.